The molecule has 0 atom stereocenters. The zero-order chi connectivity index (χ0) is 12.8. The van der Waals surface area contributed by atoms with Gasteiger partial charge in [-0.2, -0.15) is 0 Å². The molecule has 0 aliphatic carbocycles. The number of Topliss-reactive ketones (excluding diaryl/α,β-unsaturated/α-hetero) is 1. The fourth-order valence-corrected chi connectivity index (χ4v) is 2.28. The molecule has 2 rings (SSSR count). The van der Waals surface area contributed by atoms with Crippen molar-refractivity contribution in [1.29, 1.82) is 0 Å². The summed E-state index contributed by atoms with van der Waals surface area (Å²) in [6, 6.07) is 8.02. The van der Waals surface area contributed by atoms with Crippen LogP contribution in [-0.2, 0) is 6.42 Å². The molecule has 0 saturated carbocycles. The minimum atomic E-state index is 0.236. The summed E-state index contributed by atoms with van der Waals surface area (Å²) in [6.07, 6.45) is 2.15. The van der Waals surface area contributed by atoms with E-state index in [0.29, 0.717) is 6.54 Å². The highest BCUT2D eigenvalue weighted by Gasteiger charge is 2.13. The topological polar surface area (TPSA) is 32.3 Å². The molecule has 1 aliphatic rings. The van der Waals surface area contributed by atoms with Crippen LogP contribution in [0, 0.1) is 0 Å². The van der Waals surface area contributed by atoms with Gasteiger partial charge in [-0.25, -0.2) is 0 Å². The van der Waals surface area contributed by atoms with Crippen molar-refractivity contribution in [2.45, 2.75) is 19.8 Å². The first-order valence-corrected chi connectivity index (χ1v) is 6.85. The van der Waals surface area contributed by atoms with Crippen LogP contribution in [-0.4, -0.2) is 43.4 Å². The second kappa shape index (κ2) is 6.66. The van der Waals surface area contributed by atoms with Crippen LogP contribution in [0.1, 0.15) is 29.3 Å². The molecule has 0 radical (unpaired) electrons. The summed E-state index contributed by atoms with van der Waals surface area (Å²) in [5, 5.41) is 3.35. The summed E-state index contributed by atoms with van der Waals surface area (Å²) in [4.78, 5) is 14.4. The van der Waals surface area contributed by atoms with E-state index < -0.39 is 0 Å². The number of nitrogens with zero attached hydrogens (tertiary/aromatic N) is 1. The Balaban J connectivity index is 1.93. The fourth-order valence-electron chi connectivity index (χ4n) is 2.28. The van der Waals surface area contributed by atoms with Crippen LogP contribution in [0.25, 0.3) is 0 Å². The van der Waals surface area contributed by atoms with Crippen LogP contribution in [0.15, 0.2) is 24.3 Å². The summed E-state index contributed by atoms with van der Waals surface area (Å²) in [7, 11) is 0. The van der Waals surface area contributed by atoms with Gasteiger partial charge in [0.2, 0.25) is 0 Å². The SMILES string of the molecule is CCc1ccc(C(=O)CN2CCCNCC2)cc1. The zero-order valence-electron chi connectivity index (χ0n) is 11.1. The standard InChI is InChI=1S/C15H22N2O/c1-2-13-4-6-14(7-5-13)15(18)12-17-10-3-8-16-9-11-17/h4-7,16H,2-3,8-12H2,1H3. The minimum Gasteiger partial charge on any atom is -0.315 e. The van der Waals surface area contributed by atoms with Crippen molar-refractivity contribution >= 4 is 5.78 Å². The zero-order valence-corrected chi connectivity index (χ0v) is 11.1. The van der Waals surface area contributed by atoms with E-state index in [2.05, 4.69) is 29.3 Å². The van der Waals surface area contributed by atoms with E-state index in [4.69, 9.17) is 0 Å². The molecule has 0 bridgehead atoms. The second-order valence-corrected chi connectivity index (χ2v) is 4.85. The number of carbonyl (C=O) groups excluding carboxylic acids is 1. The van der Waals surface area contributed by atoms with Crippen LogP contribution in [0.4, 0.5) is 0 Å². The van der Waals surface area contributed by atoms with Crippen LogP contribution < -0.4 is 5.32 Å². The van der Waals surface area contributed by atoms with Gasteiger partial charge in [-0.1, -0.05) is 31.2 Å². The summed E-state index contributed by atoms with van der Waals surface area (Å²) in [5.41, 5.74) is 2.12. The third kappa shape index (κ3) is 3.65. The Kier molecular flexibility index (Phi) is 4.90. The highest BCUT2D eigenvalue weighted by molar-refractivity contribution is 5.97. The van der Waals surface area contributed by atoms with Gasteiger partial charge < -0.3 is 5.32 Å². The van der Waals surface area contributed by atoms with Gasteiger partial charge >= 0.3 is 0 Å². The summed E-state index contributed by atoms with van der Waals surface area (Å²) in [5.74, 6) is 0.236. The van der Waals surface area contributed by atoms with E-state index in [1.807, 2.05) is 12.1 Å². The Bertz CT molecular complexity index is 378. The fraction of sp³-hybridized carbons (Fsp3) is 0.533. The Labute approximate surface area is 109 Å². The Morgan fingerprint density at radius 3 is 2.72 bits per heavy atom. The molecule has 0 amide bonds. The van der Waals surface area contributed by atoms with Crippen molar-refractivity contribution in [1.82, 2.24) is 10.2 Å². The van der Waals surface area contributed by atoms with Gasteiger partial charge in [-0.15, -0.1) is 0 Å². The lowest BCUT2D eigenvalue weighted by atomic mass is 10.1. The molecule has 1 aliphatic heterocycles. The molecule has 3 heteroatoms. The van der Waals surface area contributed by atoms with Crippen LogP contribution in [0.2, 0.25) is 0 Å². The number of hydrogen-bond donors (Lipinski definition) is 1. The molecular formula is C15H22N2O. The van der Waals surface area contributed by atoms with Crippen LogP contribution in [0.3, 0.4) is 0 Å². The molecule has 0 spiro atoms. The molecule has 1 aromatic rings. The van der Waals surface area contributed by atoms with Gasteiger partial charge in [0.1, 0.15) is 0 Å². The third-order valence-electron chi connectivity index (χ3n) is 3.48. The molecule has 1 aromatic carbocycles. The summed E-state index contributed by atoms with van der Waals surface area (Å²) >= 11 is 0. The van der Waals surface area contributed by atoms with Gasteiger partial charge in [0.15, 0.2) is 5.78 Å². The summed E-state index contributed by atoms with van der Waals surface area (Å²) < 4.78 is 0. The third-order valence-corrected chi connectivity index (χ3v) is 3.48. The second-order valence-electron chi connectivity index (χ2n) is 4.85. The maximum atomic E-state index is 12.2. The van der Waals surface area contributed by atoms with E-state index in [9.17, 15) is 4.79 Å². The van der Waals surface area contributed by atoms with Crippen molar-refractivity contribution in [3.63, 3.8) is 0 Å². The maximum Gasteiger partial charge on any atom is 0.176 e. The lowest BCUT2D eigenvalue weighted by Gasteiger charge is -2.18. The molecular weight excluding hydrogens is 224 g/mol. The van der Waals surface area contributed by atoms with Crippen molar-refractivity contribution in [2.24, 2.45) is 0 Å². The summed E-state index contributed by atoms with van der Waals surface area (Å²) in [6.45, 7) is 6.72. The smallest absolute Gasteiger partial charge is 0.176 e. The number of nitrogens with one attached hydrogen (secondary N) is 1. The predicted molar refractivity (Wildman–Crippen MR) is 74.1 cm³/mol. The number of ketones is 1. The quantitative estimate of drug-likeness (QED) is 0.821. The van der Waals surface area contributed by atoms with Gasteiger partial charge in [0, 0.05) is 18.7 Å². The van der Waals surface area contributed by atoms with Gasteiger partial charge in [-0.3, -0.25) is 9.69 Å². The van der Waals surface area contributed by atoms with E-state index in [1.54, 1.807) is 0 Å². The van der Waals surface area contributed by atoms with Gasteiger partial charge in [-0.05, 0) is 31.5 Å². The number of rotatable bonds is 4. The van der Waals surface area contributed by atoms with Crippen LogP contribution >= 0.6 is 0 Å². The lowest BCUT2D eigenvalue weighted by molar-refractivity contribution is 0.0935. The molecule has 18 heavy (non-hydrogen) atoms. The Hall–Kier alpha value is -1.19. The Morgan fingerprint density at radius 2 is 2.00 bits per heavy atom. The molecule has 1 saturated heterocycles. The van der Waals surface area contributed by atoms with Crippen molar-refractivity contribution in [2.75, 3.05) is 32.7 Å². The van der Waals surface area contributed by atoms with Gasteiger partial charge in [0.05, 0.1) is 6.54 Å². The van der Waals surface area contributed by atoms with Crippen molar-refractivity contribution in [3.8, 4) is 0 Å². The largest absolute Gasteiger partial charge is 0.315 e. The molecule has 98 valence electrons. The predicted octanol–water partition coefficient (Wildman–Crippen LogP) is 1.73. The maximum absolute atomic E-state index is 12.2. The molecule has 0 unspecified atom stereocenters. The molecule has 1 N–H and O–H groups in total. The van der Waals surface area contributed by atoms with Crippen molar-refractivity contribution < 1.29 is 4.79 Å². The normalized spacial score (nSPS) is 17.4. The number of carbonyl (C=O) groups is 1. The molecule has 1 fully saturated rings. The minimum absolute atomic E-state index is 0.236. The molecule has 3 nitrogen and oxygen atoms in total. The van der Waals surface area contributed by atoms with E-state index in [0.717, 1.165) is 44.6 Å². The van der Waals surface area contributed by atoms with Crippen LogP contribution in [0.5, 0.6) is 0 Å². The molecule has 0 aromatic heterocycles. The first-order chi connectivity index (χ1) is 8.79. The number of aryl methyl sites for hydroxylation is 1. The van der Waals surface area contributed by atoms with E-state index >= 15 is 0 Å². The average molecular weight is 246 g/mol. The lowest BCUT2D eigenvalue weighted by Crippen LogP contribution is -2.33. The first kappa shape index (κ1) is 13.2. The van der Waals surface area contributed by atoms with E-state index in [-0.39, 0.29) is 5.78 Å². The van der Waals surface area contributed by atoms with Gasteiger partial charge in [0.25, 0.3) is 0 Å². The number of benzene rings is 1. The van der Waals surface area contributed by atoms with E-state index in [1.165, 1.54) is 5.56 Å². The Morgan fingerprint density at radius 1 is 1.22 bits per heavy atom. The highest BCUT2D eigenvalue weighted by atomic mass is 16.1. The number of hydrogen-bond acceptors (Lipinski definition) is 3. The highest BCUT2D eigenvalue weighted by Crippen LogP contribution is 2.07. The monoisotopic (exact) mass is 246 g/mol. The molecule has 1 heterocycles. The first-order valence-electron chi connectivity index (χ1n) is 6.85. The van der Waals surface area contributed by atoms with Crippen molar-refractivity contribution in [3.05, 3.63) is 35.4 Å². The average Bonchev–Trinajstić information content (AvgIpc) is 2.67.